The molecule has 1 aromatic carbocycles. The van der Waals surface area contributed by atoms with Crippen LogP contribution in [0.1, 0.15) is 44.7 Å². The third-order valence-electron chi connectivity index (χ3n) is 3.51. The molecule has 1 atom stereocenters. The number of amides is 1. The summed E-state index contributed by atoms with van der Waals surface area (Å²) in [4.78, 5) is 11.1. The molecule has 1 aromatic rings. The lowest BCUT2D eigenvalue weighted by Crippen LogP contribution is -2.34. The average molecular weight is 317 g/mol. The van der Waals surface area contributed by atoms with Gasteiger partial charge >= 0.3 is 6.09 Å². The van der Waals surface area contributed by atoms with Gasteiger partial charge in [0.2, 0.25) is 0 Å². The number of hydrogen-bond acceptors (Lipinski definition) is 3. The predicted molar refractivity (Wildman–Crippen MR) is 92.0 cm³/mol. The Morgan fingerprint density at radius 1 is 1.35 bits per heavy atom. The summed E-state index contributed by atoms with van der Waals surface area (Å²) in [5.74, 6) is 6.22. The lowest BCUT2D eigenvalue weighted by molar-refractivity contribution is 0.0317. The number of ether oxygens (including phenoxy) is 2. The van der Waals surface area contributed by atoms with E-state index in [1.54, 1.807) is 7.11 Å². The highest BCUT2D eigenvalue weighted by atomic mass is 16.6. The van der Waals surface area contributed by atoms with E-state index in [0.717, 1.165) is 24.8 Å². The van der Waals surface area contributed by atoms with Gasteiger partial charge in [-0.1, -0.05) is 44.7 Å². The van der Waals surface area contributed by atoms with Gasteiger partial charge in [0.15, 0.2) is 0 Å². The highest BCUT2D eigenvalue weighted by Gasteiger charge is 2.27. The van der Waals surface area contributed by atoms with E-state index in [1.807, 2.05) is 32.9 Å². The SMILES string of the molecule is COCCC#Cc1cccc(CCC(OC(N)=O)C(C)(C)C)c1. The van der Waals surface area contributed by atoms with Gasteiger partial charge in [0.25, 0.3) is 0 Å². The van der Waals surface area contributed by atoms with Crippen LogP contribution in [0.2, 0.25) is 0 Å². The van der Waals surface area contributed by atoms with Crippen molar-refractivity contribution in [2.45, 2.75) is 46.1 Å². The van der Waals surface area contributed by atoms with E-state index in [1.165, 1.54) is 5.56 Å². The van der Waals surface area contributed by atoms with Crippen molar-refractivity contribution < 1.29 is 14.3 Å². The van der Waals surface area contributed by atoms with E-state index in [0.29, 0.717) is 6.61 Å². The molecule has 23 heavy (non-hydrogen) atoms. The van der Waals surface area contributed by atoms with Crippen molar-refractivity contribution >= 4 is 6.09 Å². The number of rotatable bonds is 6. The molecule has 4 nitrogen and oxygen atoms in total. The molecule has 0 saturated carbocycles. The number of hydrogen-bond donors (Lipinski definition) is 1. The second-order valence-corrected chi connectivity index (χ2v) is 6.58. The summed E-state index contributed by atoms with van der Waals surface area (Å²) in [6, 6.07) is 8.12. The summed E-state index contributed by atoms with van der Waals surface area (Å²) >= 11 is 0. The highest BCUT2D eigenvalue weighted by Crippen LogP contribution is 2.26. The van der Waals surface area contributed by atoms with Crippen molar-refractivity contribution in [3.63, 3.8) is 0 Å². The standard InChI is InChI=1S/C19H27NO3/c1-19(2,3)17(23-18(20)21)12-11-16-10-7-9-15(14-16)8-5-6-13-22-4/h7,9-10,14,17H,6,11-13H2,1-4H3,(H2,20,21). The number of nitrogens with two attached hydrogens (primary N) is 1. The van der Waals surface area contributed by atoms with E-state index in [9.17, 15) is 4.79 Å². The fraction of sp³-hybridized carbons (Fsp3) is 0.526. The third kappa shape index (κ3) is 7.71. The van der Waals surface area contributed by atoms with Crippen LogP contribution in [0.15, 0.2) is 24.3 Å². The molecule has 1 rings (SSSR count). The van der Waals surface area contributed by atoms with Gasteiger partial charge in [0.1, 0.15) is 6.10 Å². The maximum absolute atomic E-state index is 11.1. The van der Waals surface area contributed by atoms with Gasteiger partial charge in [-0.05, 0) is 36.0 Å². The molecule has 0 aromatic heterocycles. The molecule has 0 heterocycles. The van der Waals surface area contributed by atoms with Crippen LogP contribution in [0.5, 0.6) is 0 Å². The van der Waals surface area contributed by atoms with E-state index >= 15 is 0 Å². The number of benzene rings is 1. The Kier molecular flexibility index (Phi) is 7.64. The number of primary amides is 1. The quantitative estimate of drug-likeness (QED) is 0.645. The number of carbonyl (C=O) groups excluding carboxylic acids is 1. The molecule has 4 heteroatoms. The van der Waals surface area contributed by atoms with Crippen molar-refractivity contribution in [2.24, 2.45) is 11.1 Å². The molecule has 0 aliphatic heterocycles. The fourth-order valence-corrected chi connectivity index (χ4v) is 2.23. The second-order valence-electron chi connectivity index (χ2n) is 6.58. The number of methoxy groups -OCH3 is 1. The first-order valence-corrected chi connectivity index (χ1v) is 7.85. The molecule has 1 unspecified atom stereocenters. The monoisotopic (exact) mass is 317 g/mol. The van der Waals surface area contributed by atoms with Crippen LogP contribution in [-0.2, 0) is 15.9 Å². The minimum Gasteiger partial charge on any atom is -0.446 e. The molecular weight excluding hydrogens is 290 g/mol. The second kappa shape index (κ2) is 9.22. The molecule has 0 spiro atoms. The van der Waals surface area contributed by atoms with Crippen LogP contribution < -0.4 is 5.73 Å². The van der Waals surface area contributed by atoms with Crippen molar-refractivity contribution in [2.75, 3.05) is 13.7 Å². The molecule has 1 amide bonds. The Labute approximate surface area is 139 Å². The normalized spacial score (nSPS) is 12.2. The fourth-order valence-electron chi connectivity index (χ4n) is 2.23. The predicted octanol–water partition coefficient (Wildman–Crippen LogP) is 3.52. The summed E-state index contributed by atoms with van der Waals surface area (Å²) in [6.07, 6.45) is 1.33. The van der Waals surface area contributed by atoms with Crippen LogP contribution in [0.3, 0.4) is 0 Å². The minimum absolute atomic E-state index is 0.146. The van der Waals surface area contributed by atoms with Crippen LogP contribution in [-0.4, -0.2) is 25.9 Å². The topological polar surface area (TPSA) is 61.6 Å². The Balaban J connectivity index is 2.68. The minimum atomic E-state index is -0.720. The zero-order chi connectivity index (χ0) is 17.3. The van der Waals surface area contributed by atoms with Gasteiger partial charge in [-0.15, -0.1) is 0 Å². The molecule has 0 fully saturated rings. The molecule has 2 N–H and O–H groups in total. The zero-order valence-corrected chi connectivity index (χ0v) is 14.5. The van der Waals surface area contributed by atoms with Crippen molar-refractivity contribution in [3.05, 3.63) is 35.4 Å². The molecule has 0 aliphatic carbocycles. The third-order valence-corrected chi connectivity index (χ3v) is 3.51. The van der Waals surface area contributed by atoms with Crippen molar-refractivity contribution in [1.82, 2.24) is 0 Å². The number of carbonyl (C=O) groups is 1. The Bertz CT molecular complexity index is 564. The average Bonchev–Trinajstić information content (AvgIpc) is 2.47. The Hall–Kier alpha value is -1.99. The van der Waals surface area contributed by atoms with Crippen LogP contribution in [0.25, 0.3) is 0 Å². The molecular formula is C19H27NO3. The zero-order valence-electron chi connectivity index (χ0n) is 14.5. The van der Waals surface area contributed by atoms with Gasteiger partial charge in [-0.2, -0.15) is 0 Å². The number of aryl methyl sites for hydroxylation is 1. The maximum atomic E-state index is 11.1. The van der Waals surface area contributed by atoms with Crippen LogP contribution in [0.4, 0.5) is 4.79 Å². The first-order chi connectivity index (χ1) is 10.8. The van der Waals surface area contributed by atoms with Gasteiger partial charge in [-0.3, -0.25) is 0 Å². The maximum Gasteiger partial charge on any atom is 0.404 e. The summed E-state index contributed by atoms with van der Waals surface area (Å²) in [7, 11) is 1.67. The summed E-state index contributed by atoms with van der Waals surface area (Å²) in [6.45, 7) is 6.76. The smallest absolute Gasteiger partial charge is 0.404 e. The van der Waals surface area contributed by atoms with Gasteiger partial charge in [-0.25, -0.2) is 4.79 Å². The van der Waals surface area contributed by atoms with Crippen LogP contribution in [0, 0.1) is 17.3 Å². The summed E-state index contributed by atoms with van der Waals surface area (Å²) < 4.78 is 10.2. The lowest BCUT2D eigenvalue weighted by atomic mass is 9.85. The first-order valence-electron chi connectivity index (χ1n) is 7.85. The van der Waals surface area contributed by atoms with Gasteiger partial charge in [0.05, 0.1) is 6.61 Å². The van der Waals surface area contributed by atoms with E-state index in [-0.39, 0.29) is 11.5 Å². The highest BCUT2D eigenvalue weighted by molar-refractivity contribution is 5.64. The first kappa shape index (κ1) is 19.1. The van der Waals surface area contributed by atoms with Gasteiger partial charge in [0, 0.05) is 19.1 Å². The molecule has 0 aliphatic rings. The molecule has 0 radical (unpaired) electrons. The molecule has 126 valence electrons. The van der Waals surface area contributed by atoms with Crippen molar-refractivity contribution in [3.8, 4) is 11.8 Å². The van der Waals surface area contributed by atoms with E-state index < -0.39 is 6.09 Å². The van der Waals surface area contributed by atoms with Gasteiger partial charge < -0.3 is 15.2 Å². The lowest BCUT2D eigenvalue weighted by Gasteiger charge is -2.29. The summed E-state index contributed by atoms with van der Waals surface area (Å²) in [5.41, 5.74) is 7.19. The largest absolute Gasteiger partial charge is 0.446 e. The van der Waals surface area contributed by atoms with Crippen molar-refractivity contribution in [1.29, 1.82) is 0 Å². The van der Waals surface area contributed by atoms with Crippen LogP contribution >= 0.6 is 0 Å². The summed E-state index contributed by atoms with van der Waals surface area (Å²) in [5, 5.41) is 0. The Morgan fingerprint density at radius 3 is 2.70 bits per heavy atom. The molecule has 0 saturated heterocycles. The molecule has 0 bridgehead atoms. The van der Waals surface area contributed by atoms with E-state index in [2.05, 4.69) is 24.0 Å². The Morgan fingerprint density at radius 2 is 2.09 bits per heavy atom. The van der Waals surface area contributed by atoms with E-state index in [4.69, 9.17) is 15.2 Å².